The number of carbonyl (C=O) groups is 1. The highest BCUT2D eigenvalue weighted by Gasteiger charge is 2.00. The molecule has 0 fully saturated rings. The first-order valence-corrected chi connectivity index (χ1v) is 4.71. The largest absolute Gasteiger partial charge is 0.496 e. The molecule has 0 aromatic heterocycles. The van der Waals surface area contributed by atoms with E-state index in [1.165, 1.54) is 7.11 Å². The Balaban J connectivity index is 3.01. The Kier molecular flexibility index (Phi) is 4.20. The molecule has 0 amide bonds. The third-order valence-electron chi connectivity index (χ3n) is 1.78. The summed E-state index contributed by atoms with van der Waals surface area (Å²) in [5.41, 5.74) is 1.52. The summed E-state index contributed by atoms with van der Waals surface area (Å²) in [6, 6.07) is 5.36. The SMILES string of the molecule is COc1cc(C=CCCl)ccc1C=O. The lowest BCUT2D eigenvalue weighted by molar-refractivity contribution is 0.112. The fourth-order valence-electron chi connectivity index (χ4n) is 1.11. The lowest BCUT2D eigenvalue weighted by Gasteiger charge is -2.03. The minimum atomic E-state index is 0.470. The normalized spacial score (nSPS) is 10.4. The number of ether oxygens (including phenoxy) is 1. The van der Waals surface area contributed by atoms with Crippen LogP contribution in [0.1, 0.15) is 15.9 Å². The average Bonchev–Trinajstić information content (AvgIpc) is 2.25. The quantitative estimate of drug-likeness (QED) is 0.564. The van der Waals surface area contributed by atoms with Gasteiger partial charge >= 0.3 is 0 Å². The van der Waals surface area contributed by atoms with Crippen LogP contribution in [0.5, 0.6) is 5.75 Å². The van der Waals surface area contributed by atoms with E-state index in [2.05, 4.69) is 0 Å². The first-order chi connectivity index (χ1) is 6.81. The van der Waals surface area contributed by atoms with Gasteiger partial charge in [-0.2, -0.15) is 0 Å². The summed E-state index contributed by atoms with van der Waals surface area (Å²) in [6.07, 6.45) is 4.48. The Labute approximate surface area is 88.1 Å². The number of hydrogen-bond donors (Lipinski definition) is 0. The van der Waals surface area contributed by atoms with Crippen molar-refractivity contribution in [2.75, 3.05) is 13.0 Å². The van der Waals surface area contributed by atoms with Crippen LogP contribution >= 0.6 is 11.6 Å². The zero-order valence-corrected chi connectivity index (χ0v) is 8.62. The van der Waals surface area contributed by atoms with Crippen LogP contribution in [0.4, 0.5) is 0 Å². The second kappa shape index (κ2) is 5.45. The van der Waals surface area contributed by atoms with Crippen LogP contribution in [0.2, 0.25) is 0 Å². The number of benzene rings is 1. The second-order valence-corrected chi connectivity index (χ2v) is 2.98. The molecular formula is C11H11ClO2. The molecule has 0 N–H and O–H groups in total. The van der Waals surface area contributed by atoms with E-state index in [9.17, 15) is 4.79 Å². The number of allylic oxidation sites excluding steroid dienone is 1. The van der Waals surface area contributed by atoms with E-state index < -0.39 is 0 Å². The molecule has 0 aliphatic heterocycles. The molecular weight excluding hydrogens is 200 g/mol. The maximum atomic E-state index is 10.6. The number of rotatable bonds is 4. The van der Waals surface area contributed by atoms with E-state index in [1.807, 2.05) is 18.2 Å². The molecule has 0 heterocycles. The van der Waals surface area contributed by atoms with Gasteiger partial charge in [-0.1, -0.05) is 18.2 Å². The number of methoxy groups -OCH3 is 1. The van der Waals surface area contributed by atoms with Crippen molar-refractivity contribution >= 4 is 24.0 Å². The molecule has 2 nitrogen and oxygen atoms in total. The number of hydrogen-bond acceptors (Lipinski definition) is 2. The topological polar surface area (TPSA) is 26.3 Å². The van der Waals surface area contributed by atoms with Crippen molar-refractivity contribution in [1.82, 2.24) is 0 Å². The molecule has 0 aliphatic carbocycles. The van der Waals surface area contributed by atoms with Crippen LogP contribution in [0.25, 0.3) is 6.08 Å². The van der Waals surface area contributed by atoms with Crippen LogP contribution < -0.4 is 4.74 Å². The van der Waals surface area contributed by atoms with Crippen LogP contribution in [-0.2, 0) is 0 Å². The second-order valence-electron chi connectivity index (χ2n) is 2.68. The molecule has 0 spiro atoms. The predicted octanol–water partition coefficient (Wildman–Crippen LogP) is 2.76. The van der Waals surface area contributed by atoms with Gasteiger partial charge < -0.3 is 4.74 Å². The molecule has 0 saturated carbocycles. The summed E-state index contributed by atoms with van der Waals surface area (Å²) in [5, 5.41) is 0. The highest BCUT2D eigenvalue weighted by molar-refractivity contribution is 6.19. The summed E-state index contributed by atoms with van der Waals surface area (Å²) in [5.74, 6) is 1.05. The molecule has 0 radical (unpaired) electrons. The Bertz CT molecular complexity index is 345. The van der Waals surface area contributed by atoms with Gasteiger partial charge in [0.05, 0.1) is 12.7 Å². The van der Waals surface area contributed by atoms with Crippen LogP contribution in [0.15, 0.2) is 24.3 Å². The smallest absolute Gasteiger partial charge is 0.153 e. The Morgan fingerprint density at radius 3 is 2.86 bits per heavy atom. The maximum absolute atomic E-state index is 10.6. The molecule has 3 heteroatoms. The summed E-state index contributed by atoms with van der Waals surface area (Å²) >= 11 is 5.51. The van der Waals surface area contributed by atoms with Crippen LogP contribution in [0.3, 0.4) is 0 Å². The predicted molar refractivity (Wildman–Crippen MR) is 58.1 cm³/mol. The van der Waals surface area contributed by atoms with Crippen molar-refractivity contribution in [1.29, 1.82) is 0 Å². The average molecular weight is 211 g/mol. The highest BCUT2D eigenvalue weighted by atomic mass is 35.5. The molecule has 0 unspecified atom stereocenters. The van der Waals surface area contributed by atoms with E-state index in [4.69, 9.17) is 16.3 Å². The third-order valence-corrected chi connectivity index (χ3v) is 1.96. The summed E-state index contributed by atoms with van der Waals surface area (Å²) < 4.78 is 5.06. The first kappa shape index (κ1) is 10.8. The minimum Gasteiger partial charge on any atom is -0.496 e. The Morgan fingerprint density at radius 1 is 1.50 bits per heavy atom. The lowest BCUT2D eigenvalue weighted by atomic mass is 10.1. The van der Waals surface area contributed by atoms with Gasteiger partial charge in [-0.15, -0.1) is 11.6 Å². The van der Waals surface area contributed by atoms with Crippen molar-refractivity contribution in [2.45, 2.75) is 0 Å². The van der Waals surface area contributed by atoms with Gasteiger partial charge in [0.25, 0.3) is 0 Å². The molecule has 1 aromatic carbocycles. The molecule has 0 atom stereocenters. The van der Waals surface area contributed by atoms with E-state index in [0.29, 0.717) is 17.2 Å². The number of aldehydes is 1. The Morgan fingerprint density at radius 2 is 2.29 bits per heavy atom. The van der Waals surface area contributed by atoms with Crippen LogP contribution in [-0.4, -0.2) is 19.3 Å². The van der Waals surface area contributed by atoms with Gasteiger partial charge in [0.1, 0.15) is 5.75 Å². The van der Waals surface area contributed by atoms with Crippen LogP contribution in [0, 0.1) is 0 Å². The standard InChI is InChI=1S/C11H11ClO2/c1-14-11-7-9(3-2-6-12)4-5-10(11)8-13/h2-5,7-8H,6H2,1H3. The van der Waals surface area contributed by atoms with Gasteiger partial charge in [0.2, 0.25) is 0 Å². The summed E-state index contributed by atoms with van der Waals surface area (Å²) in [7, 11) is 1.54. The fraction of sp³-hybridized carbons (Fsp3) is 0.182. The van der Waals surface area contributed by atoms with E-state index in [0.717, 1.165) is 11.8 Å². The van der Waals surface area contributed by atoms with E-state index in [-0.39, 0.29) is 0 Å². The molecule has 1 aromatic rings. The van der Waals surface area contributed by atoms with Gasteiger partial charge in [-0.25, -0.2) is 0 Å². The van der Waals surface area contributed by atoms with Crippen molar-refractivity contribution in [2.24, 2.45) is 0 Å². The molecule has 14 heavy (non-hydrogen) atoms. The zero-order valence-electron chi connectivity index (χ0n) is 7.87. The van der Waals surface area contributed by atoms with E-state index >= 15 is 0 Å². The van der Waals surface area contributed by atoms with Crippen molar-refractivity contribution in [3.8, 4) is 5.75 Å². The molecule has 0 bridgehead atoms. The van der Waals surface area contributed by atoms with Crippen molar-refractivity contribution in [3.05, 3.63) is 35.4 Å². The highest BCUT2D eigenvalue weighted by Crippen LogP contribution is 2.19. The van der Waals surface area contributed by atoms with Gasteiger partial charge in [-0.3, -0.25) is 4.79 Å². The monoisotopic (exact) mass is 210 g/mol. The van der Waals surface area contributed by atoms with Gasteiger partial charge in [0.15, 0.2) is 6.29 Å². The molecule has 1 rings (SSSR count). The summed E-state index contributed by atoms with van der Waals surface area (Å²) in [6.45, 7) is 0. The number of alkyl halides is 1. The molecule has 0 saturated heterocycles. The number of carbonyl (C=O) groups excluding carboxylic acids is 1. The molecule has 74 valence electrons. The van der Waals surface area contributed by atoms with Gasteiger partial charge in [0, 0.05) is 5.88 Å². The fourth-order valence-corrected chi connectivity index (χ4v) is 1.20. The molecule has 0 aliphatic rings. The van der Waals surface area contributed by atoms with Gasteiger partial charge in [-0.05, 0) is 17.7 Å². The van der Waals surface area contributed by atoms with E-state index in [1.54, 1.807) is 12.1 Å². The third kappa shape index (κ3) is 2.60. The van der Waals surface area contributed by atoms with Crippen molar-refractivity contribution in [3.63, 3.8) is 0 Å². The summed E-state index contributed by atoms with van der Waals surface area (Å²) in [4.78, 5) is 10.6. The Hall–Kier alpha value is -1.28. The lowest BCUT2D eigenvalue weighted by Crippen LogP contribution is -1.90. The maximum Gasteiger partial charge on any atom is 0.153 e. The van der Waals surface area contributed by atoms with Crippen molar-refractivity contribution < 1.29 is 9.53 Å². The first-order valence-electron chi connectivity index (χ1n) is 4.17. The zero-order chi connectivity index (χ0) is 10.4. The minimum absolute atomic E-state index is 0.470. The number of halogens is 1.